The van der Waals surface area contributed by atoms with Crippen LogP contribution in [0, 0.1) is 0 Å². The Kier molecular flexibility index (Phi) is 6.77. The zero-order valence-electron chi connectivity index (χ0n) is 13.4. The normalized spacial score (nSPS) is 17.5. The summed E-state index contributed by atoms with van der Waals surface area (Å²) in [5.41, 5.74) is 1.30. The maximum absolute atomic E-state index is 12.5. The van der Waals surface area contributed by atoms with Crippen LogP contribution in [0.1, 0.15) is 46.0 Å². The summed E-state index contributed by atoms with van der Waals surface area (Å²) in [7, 11) is 0. The highest BCUT2D eigenvalue weighted by Crippen LogP contribution is 2.41. The molecule has 2 rings (SSSR count). The number of ketones is 1. The minimum absolute atomic E-state index is 0.0101. The van der Waals surface area contributed by atoms with E-state index in [2.05, 4.69) is 5.32 Å². The summed E-state index contributed by atoms with van der Waals surface area (Å²) >= 11 is 2.52. The zero-order chi connectivity index (χ0) is 16.8. The monoisotopic (exact) mass is 355 g/mol. The number of Topliss-reactive ketones (excluding diaryl/α,β-unsaturated/α-hetero) is 1. The molecule has 0 amide bonds. The lowest BCUT2D eigenvalue weighted by atomic mass is 10.0. The van der Waals surface area contributed by atoms with E-state index < -0.39 is 5.97 Å². The van der Waals surface area contributed by atoms with Gasteiger partial charge in [0.15, 0.2) is 10.9 Å². The third-order valence-electron chi connectivity index (χ3n) is 3.51. The van der Waals surface area contributed by atoms with Gasteiger partial charge in [0.2, 0.25) is 0 Å². The predicted octanol–water partition coefficient (Wildman–Crippen LogP) is 3.12. The Bertz CT molecular complexity index is 581. The predicted molar refractivity (Wildman–Crippen MR) is 92.6 cm³/mol. The van der Waals surface area contributed by atoms with Crippen molar-refractivity contribution >= 4 is 40.4 Å². The molecule has 0 saturated heterocycles. The van der Waals surface area contributed by atoms with E-state index in [-0.39, 0.29) is 29.6 Å². The van der Waals surface area contributed by atoms with E-state index in [0.29, 0.717) is 10.7 Å². The fourth-order valence-electron chi connectivity index (χ4n) is 2.45. The van der Waals surface area contributed by atoms with Crippen molar-refractivity contribution in [3.63, 3.8) is 0 Å². The molecule has 0 radical (unpaired) electrons. The molecule has 5 nitrogen and oxygen atoms in total. The lowest BCUT2D eigenvalue weighted by Gasteiger charge is -2.28. The molecule has 0 fully saturated rings. The molecule has 0 bridgehead atoms. The molecular weight excluding hydrogens is 334 g/mol. The van der Waals surface area contributed by atoms with Crippen LogP contribution in [-0.2, 0) is 19.1 Å². The quantitative estimate of drug-likeness (QED) is 0.734. The van der Waals surface area contributed by atoms with E-state index in [1.807, 2.05) is 0 Å². The van der Waals surface area contributed by atoms with Crippen molar-refractivity contribution in [1.82, 2.24) is 5.32 Å². The first-order valence-electron chi connectivity index (χ1n) is 7.77. The first-order valence-corrected chi connectivity index (χ1v) is 9.58. The Morgan fingerprint density at radius 3 is 2.70 bits per heavy atom. The number of carbonyl (C=O) groups is 3. The van der Waals surface area contributed by atoms with Gasteiger partial charge in [-0.15, -0.1) is 0 Å². The van der Waals surface area contributed by atoms with E-state index in [0.717, 1.165) is 48.0 Å². The fraction of sp³-hybridized carbons (Fsp3) is 0.562. The number of carbonyl (C=O) groups excluding carboxylic acids is 3. The standard InChI is InChI=1S/C16H21NO4S2/c1-3-21-16(20)14-15(12(19)8-9-22-10(2)18)23-13-7-5-4-6-11(13)17-14/h17H,3-9H2,1-2H3. The molecule has 1 aliphatic heterocycles. The fourth-order valence-corrected chi connectivity index (χ4v) is 4.25. The van der Waals surface area contributed by atoms with Gasteiger partial charge >= 0.3 is 5.97 Å². The number of nitrogens with one attached hydrogen (secondary N) is 1. The summed E-state index contributed by atoms with van der Waals surface area (Å²) in [5, 5.41) is 3.13. The summed E-state index contributed by atoms with van der Waals surface area (Å²) in [4.78, 5) is 37.2. The maximum Gasteiger partial charge on any atom is 0.356 e. The van der Waals surface area contributed by atoms with Crippen LogP contribution >= 0.6 is 23.5 Å². The second kappa shape index (κ2) is 8.59. The van der Waals surface area contributed by atoms with Crippen molar-refractivity contribution in [2.24, 2.45) is 0 Å². The van der Waals surface area contributed by atoms with Crippen molar-refractivity contribution in [2.45, 2.75) is 46.0 Å². The van der Waals surface area contributed by atoms with Gasteiger partial charge in [-0.1, -0.05) is 23.5 Å². The van der Waals surface area contributed by atoms with Crippen LogP contribution < -0.4 is 5.32 Å². The van der Waals surface area contributed by atoms with Crippen molar-refractivity contribution in [2.75, 3.05) is 12.4 Å². The van der Waals surface area contributed by atoms with Gasteiger partial charge in [-0.3, -0.25) is 9.59 Å². The topological polar surface area (TPSA) is 72.5 Å². The third kappa shape index (κ3) is 4.88. The smallest absolute Gasteiger partial charge is 0.356 e. The van der Waals surface area contributed by atoms with Crippen LogP contribution in [-0.4, -0.2) is 29.2 Å². The SMILES string of the molecule is CCOC(=O)C1=C(C(=O)CCSC(C)=O)SC2=C(CCCC2)N1. The minimum atomic E-state index is -0.486. The van der Waals surface area contributed by atoms with Gasteiger partial charge in [0.05, 0.1) is 11.5 Å². The maximum atomic E-state index is 12.5. The van der Waals surface area contributed by atoms with Gasteiger partial charge in [-0.05, 0) is 32.6 Å². The average molecular weight is 355 g/mol. The van der Waals surface area contributed by atoms with Gasteiger partial charge in [-0.25, -0.2) is 4.79 Å². The number of allylic oxidation sites excluding steroid dienone is 3. The summed E-state index contributed by atoms with van der Waals surface area (Å²) < 4.78 is 5.08. The van der Waals surface area contributed by atoms with E-state index in [4.69, 9.17) is 4.74 Å². The Labute approximate surface area is 144 Å². The van der Waals surface area contributed by atoms with E-state index in [1.54, 1.807) is 6.92 Å². The summed E-state index contributed by atoms with van der Waals surface area (Å²) in [6.45, 7) is 3.49. The van der Waals surface area contributed by atoms with Crippen LogP contribution in [0.15, 0.2) is 21.2 Å². The molecule has 1 aliphatic carbocycles. The Hall–Kier alpha value is -1.21. The number of hydrogen-bond acceptors (Lipinski definition) is 7. The molecule has 2 aliphatic rings. The molecular formula is C16H21NO4S2. The highest BCUT2D eigenvalue weighted by Gasteiger charge is 2.30. The molecule has 0 aromatic carbocycles. The number of hydrogen-bond donors (Lipinski definition) is 1. The van der Waals surface area contributed by atoms with Crippen molar-refractivity contribution in [1.29, 1.82) is 0 Å². The molecule has 1 heterocycles. The molecule has 126 valence electrons. The molecule has 1 N–H and O–H groups in total. The molecule has 0 aromatic heterocycles. The lowest BCUT2D eigenvalue weighted by molar-refractivity contribution is -0.139. The van der Waals surface area contributed by atoms with E-state index in [1.165, 1.54) is 18.7 Å². The average Bonchev–Trinajstić information content (AvgIpc) is 2.53. The van der Waals surface area contributed by atoms with E-state index >= 15 is 0 Å². The molecule has 0 saturated carbocycles. The lowest BCUT2D eigenvalue weighted by Crippen LogP contribution is -2.30. The van der Waals surface area contributed by atoms with Crippen molar-refractivity contribution in [3.05, 3.63) is 21.2 Å². The third-order valence-corrected chi connectivity index (χ3v) is 5.66. The number of ether oxygens (including phenoxy) is 1. The Morgan fingerprint density at radius 2 is 2.00 bits per heavy atom. The number of thioether (sulfide) groups is 2. The van der Waals surface area contributed by atoms with Crippen LogP contribution in [0.3, 0.4) is 0 Å². The van der Waals surface area contributed by atoms with Gasteiger partial charge in [0, 0.05) is 29.7 Å². The molecule has 0 unspecified atom stereocenters. The summed E-state index contributed by atoms with van der Waals surface area (Å²) in [5.74, 6) is -0.170. The van der Waals surface area contributed by atoms with Crippen LogP contribution in [0.25, 0.3) is 0 Å². The first-order chi connectivity index (χ1) is 11.0. The van der Waals surface area contributed by atoms with Crippen LogP contribution in [0.5, 0.6) is 0 Å². The summed E-state index contributed by atoms with van der Waals surface area (Å²) in [6, 6.07) is 0. The highest BCUT2D eigenvalue weighted by molar-refractivity contribution is 8.13. The van der Waals surface area contributed by atoms with Gasteiger partial charge in [0.25, 0.3) is 0 Å². The first kappa shape index (κ1) is 18.1. The molecule has 7 heteroatoms. The van der Waals surface area contributed by atoms with Crippen LogP contribution in [0.4, 0.5) is 0 Å². The van der Waals surface area contributed by atoms with E-state index in [9.17, 15) is 14.4 Å². The largest absolute Gasteiger partial charge is 0.461 e. The molecule has 0 spiro atoms. The number of rotatable bonds is 6. The van der Waals surface area contributed by atoms with Crippen molar-refractivity contribution in [3.8, 4) is 0 Å². The minimum Gasteiger partial charge on any atom is -0.461 e. The Morgan fingerprint density at radius 1 is 1.26 bits per heavy atom. The Balaban J connectivity index is 2.16. The van der Waals surface area contributed by atoms with Crippen LogP contribution in [0.2, 0.25) is 0 Å². The summed E-state index contributed by atoms with van der Waals surface area (Å²) in [6.07, 6.45) is 4.25. The molecule has 23 heavy (non-hydrogen) atoms. The van der Waals surface area contributed by atoms with Gasteiger partial charge in [-0.2, -0.15) is 0 Å². The second-order valence-electron chi connectivity index (χ2n) is 5.27. The van der Waals surface area contributed by atoms with Gasteiger partial charge < -0.3 is 10.1 Å². The molecule has 0 aromatic rings. The second-order valence-corrected chi connectivity index (χ2v) is 7.65. The zero-order valence-corrected chi connectivity index (χ0v) is 15.0. The van der Waals surface area contributed by atoms with Crippen molar-refractivity contribution < 1.29 is 19.1 Å². The highest BCUT2D eigenvalue weighted by atomic mass is 32.2. The molecule has 0 atom stereocenters. The van der Waals surface area contributed by atoms with Gasteiger partial charge in [0.1, 0.15) is 5.70 Å². The number of esters is 1.